The second kappa shape index (κ2) is 16.4. The third-order valence-corrected chi connectivity index (χ3v) is 7.79. The van der Waals surface area contributed by atoms with E-state index in [4.69, 9.17) is 0 Å². The van der Waals surface area contributed by atoms with Crippen LogP contribution in [-0.4, -0.2) is 34.0 Å². The van der Waals surface area contributed by atoms with Crippen LogP contribution in [0.4, 0.5) is 4.39 Å². The number of rotatable bonds is 10. The highest BCUT2D eigenvalue weighted by atomic mass is 32.1. The monoisotopic (exact) mass is 546 g/mol. The quantitative estimate of drug-likeness (QED) is 0.107. The minimum atomic E-state index is -0.359. The van der Waals surface area contributed by atoms with E-state index in [1.54, 1.807) is 0 Å². The number of H-pyrrole nitrogens is 1. The summed E-state index contributed by atoms with van der Waals surface area (Å²) in [7, 11) is 0. The Bertz CT molecular complexity index is 1220. The molecule has 2 aromatic heterocycles. The van der Waals surface area contributed by atoms with Gasteiger partial charge in [-0.1, -0.05) is 74.6 Å². The molecule has 2 N–H and O–H groups in total. The molecule has 208 valence electrons. The van der Waals surface area contributed by atoms with E-state index in [9.17, 15) is 4.39 Å². The van der Waals surface area contributed by atoms with E-state index in [1.807, 2.05) is 42.5 Å². The summed E-state index contributed by atoms with van der Waals surface area (Å²) in [5.74, 6) is -0.359. The lowest BCUT2D eigenvalue weighted by molar-refractivity contribution is 0.246. The zero-order valence-corrected chi connectivity index (χ0v) is 23.9. The Morgan fingerprint density at radius 3 is 2.31 bits per heavy atom. The minimum absolute atomic E-state index is 0.359. The molecule has 0 spiro atoms. The molecule has 4 nitrogen and oxygen atoms in total. The first-order valence-corrected chi connectivity index (χ1v) is 15.0. The molecule has 0 saturated heterocycles. The van der Waals surface area contributed by atoms with Crippen LogP contribution in [-0.2, 0) is 13.1 Å². The summed E-state index contributed by atoms with van der Waals surface area (Å²) in [4.78, 5) is 10.6. The summed E-state index contributed by atoms with van der Waals surface area (Å²) in [6.45, 7) is 3.40. The Labute approximate surface area is 238 Å². The van der Waals surface area contributed by atoms with Crippen molar-refractivity contribution in [2.24, 2.45) is 0 Å². The van der Waals surface area contributed by atoms with Gasteiger partial charge in [0.1, 0.15) is 0 Å². The number of pyridine rings is 1. The van der Waals surface area contributed by atoms with Crippen LogP contribution < -0.4 is 5.32 Å². The molecule has 0 aliphatic heterocycles. The largest absolute Gasteiger partial charge is 0.361 e. The molecule has 0 unspecified atom stereocenters. The van der Waals surface area contributed by atoms with Gasteiger partial charge < -0.3 is 10.3 Å². The van der Waals surface area contributed by atoms with Crippen molar-refractivity contribution >= 4 is 23.5 Å². The van der Waals surface area contributed by atoms with E-state index in [1.165, 1.54) is 62.1 Å². The standard InChI is InChI=1S/C27H37FN4.C6H6S/c28-27-22(11-10-17-30-27)20-32(21-23-19-31-26-15-7-6-14-25(23)26)18-9-8-16-29-24-12-4-2-1-3-5-13-24;7-6-4-2-1-3-5-6/h6-7,10-11,14-15,17,19,24,29,31H,1-5,8-9,12-13,16,18,20-21H2;1-5,7H. The molecule has 0 bridgehead atoms. The SMILES string of the molecule is Fc1ncccc1CN(CCCCNC1CCCCCCC1)Cc1c[nH]c2ccccc12.Sc1ccccc1. The maximum Gasteiger partial charge on any atom is 0.217 e. The van der Waals surface area contributed by atoms with Crippen molar-refractivity contribution in [3.8, 4) is 0 Å². The van der Waals surface area contributed by atoms with Gasteiger partial charge in [-0.05, 0) is 68.6 Å². The first-order valence-electron chi connectivity index (χ1n) is 14.5. The normalized spacial score (nSPS) is 14.5. The van der Waals surface area contributed by atoms with Gasteiger partial charge in [-0.15, -0.1) is 12.6 Å². The van der Waals surface area contributed by atoms with Gasteiger partial charge in [0.25, 0.3) is 0 Å². The molecule has 1 saturated carbocycles. The molecule has 4 aromatic rings. The number of aromatic nitrogens is 2. The third-order valence-electron chi connectivity index (χ3n) is 7.49. The molecule has 6 heteroatoms. The van der Waals surface area contributed by atoms with Gasteiger partial charge in [0.15, 0.2) is 0 Å². The highest BCUT2D eigenvalue weighted by Gasteiger charge is 2.14. The van der Waals surface area contributed by atoms with Crippen LogP contribution in [0.2, 0.25) is 0 Å². The highest BCUT2D eigenvalue weighted by Crippen LogP contribution is 2.21. The lowest BCUT2D eigenvalue weighted by atomic mass is 9.97. The number of nitrogens with one attached hydrogen (secondary N) is 2. The average molecular weight is 547 g/mol. The van der Waals surface area contributed by atoms with Gasteiger partial charge in [-0.3, -0.25) is 4.90 Å². The van der Waals surface area contributed by atoms with Crippen molar-refractivity contribution in [1.29, 1.82) is 0 Å². The van der Waals surface area contributed by atoms with E-state index >= 15 is 0 Å². The molecule has 0 radical (unpaired) electrons. The number of unbranched alkanes of at least 4 members (excludes halogenated alkanes) is 1. The summed E-state index contributed by atoms with van der Waals surface area (Å²) in [6, 6.07) is 22.5. The van der Waals surface area contributed by atoms with Crippen LogP contribution >= 0.6 is 12.6 Å². The van der Waals surface area contributed by atoms with Crippen LogP contribution in [0.1, 0.15) is 68.9 Å². The lowest BCUT2D eigenvalue weighted by Gasteiger charge is -2.23. The topological polar surface area (TPSA) is 44.0 Å². The Morgan fingerprint density at radius 1 is 0.846 bits per heavy atom. The molecule has 2 aromatic carbocycles. The van der Waals surface area contributed by atoms with Crippen LogP contribution in [0.15, 0.2) is 84.0 Å². The van der Waals surface area contributed by atoms with Crippen molar-refractivity contribution in [2.75, 3.05) is 13.1 Å². The maximum absolute atomic E-state index is 14.2. The predicted molar refractivity (Wildman–Crippen MR) is 164 cm³/mol. The van der Waals surface area contributed by atoms with Gasteiger partial charge in [0, 0.05) is 52.9 Å². The number of hydrogen-bond acceptors (Lipinski definition) is 4. The maximum atomic E-state index is 14.2. The van der Waals surface area contributed by atoms with Crippen molar-refractivity contribution in [3.05, 3.63) is 96.2 Å². The molecule has 0 amide bonds. The van der Waals surface area contributed by atoms with Gasteiger partial charge in [0.05, 0.1) is 0 Å². The number of hydrogen-bond donors (Lipinski definition) is 3. The van der Waals surface area contributed by atoms with Crippen molar-refractivity contribution in [2.45, 2.75) is 81.8 Å². The molecule has 1 aliphatic carbocycles. The molecule has 5 rings (SSSR count). The number of thiol groups is 1. The van der Waals surface area contributed by atoms with Gasteiger partial charge in [-0.2, -0.15) is 4.39 Å². The van der Waals surface area contributed by atoms with Gasteiger partial charge in [-0.25, -0.2) is 4.98 Å². The third kappa shape index (κ3) is 10.1. The highest BCUT2D eigenvalue weighted by molar-refractivity contribution is 7.80. The first-order chi connectivity index (χ1) is 19.2. The lowest BCUT2D eigenvalue weighted by Crippen LogP contribution is -2.31. The molecular formula is C33H43FN4S. The number of aromatic amines is 1. The summed E-state index contributed by atoms with van der Waals surface area (Å²) < 4.78 is 14.2. The van der Waals surface area contributed by atoms with E-state index in [-0.39, 0.29) is 5.95 Å². The number of fused-ring (bicyclic) bond motifs is 1. The number of nitrogens with zero attached hydrogens (tertiary/aromatic N) is 2. The molecular weight excluding hydrogens is 503 g/mol. The second-order valence-corrected chi connectivity index (χ2v) is 11.1. The summed E-state index contributed by atoms with van der Waals surface area (Å²) in [5.41, 5.74) is 3.08. The van der Waals surface area contributed by atoms with E-state index in [0.717, 1.165) is 42.9 Å². The van der Waals surface area contributed by atoms with Gasteiger partial charge in [0.2, 0.25) is 5.95 Å². The summed E-state index contributed by atoms with van der Waals surface area (Å²) in [5, 5.41) is 5.04. The van der Waals surface area contributed by atoms with Crippen molar-refractivity contribution in [3.63, 3.8) is 0 Å². The predicted octanol–water partition coefficient (Wildman–Crippen LogP) is 8.16. The van der Waals surface area contributed by atoms with E-state index < -0.39 is 0 Å². The van der Waals surface area contributed by atoms with Crippen LogP contribution in [0, 0.1) is 5.95 Å². The Kier molecular flexibility index (Phi) is 12.4. The van der Waals surface area contributed by atoms with E-state index in [2.05, 4.69) is 63.3 Å². The number of halogens is 1. The fraction of sp³-hybridized carbons (Fsp3) is 0.424. The minimum Gasteiger partial charge on any atom is -0.361 e. The van der Waals surface area contributed by atoms with Crippen LogP contribution in [0.3, 0.4) is 0 Å². The smallest absolute Gasteiger partial charge is 0.217 e. The van der Waals surface area contributed by atoms with Crippen LogP contribution in [0.25, 0.3) is 10.9 Å². The molecule has 2 heterocycles. The van der Waals surface area contributed by atoms with Crippen molar-refractivity contribution < 1.29 is 4.39 Å². The summed E-state index contributed by atoms with van der Waals surface area (Å²) >= 11 is 4.08. The fourth-order valence-electron chi connectivity index (χ4n) is 5.35. The molecule has 1 fully saturated rings. The van der Waals surface area contributed by atoms with E-state index in [0.29, 0.717) is 18.2 Å². The Hall–Kier alpha value is -2.67. The molecule has 1 aliphatic rings. The van der Waals surface area contributed by atoms with Gasteiger partial charge >= 0.3 is 0 Å². The molecule has 39 heavy (non-hydrogen) atoms. The zero-order chi connectivity index (χ0) is 27.1. The molecule has 0 atom stereocenters. The zero-order valence-electron chi connectivity index (χ0n) is 23.0. The summed E-state index contributed by atoms with van der Waals surface area (Å²) in [6.07, 6.45) is 15.4. The fourth-order valence-corrected chi connectivity index (χ4v) is 5.52. The number of benzene rings is 2. The Morgan fingerprint density at radius 2 is 1.56 bits per heavy atom. The van der Waals surface area contributed by atoms with Crippen LogP contribution in [0.5, 0.6) is 0 Å². The number of para-hydroxylation sites is 1. The van der Waals surface area contributed by atoms with Crippen molar-refractivity contribution in [1.82, 2.24) is 20.2 Å². The average Bonchev–Trinajstić information content (AvgIpc) is 3.34. The first kappa shape index (κ1) is 29.3. The second-order valence-electron chi connectivity index (χ2n) is 10.6. The Balaban J connectivity index is 0.000000438.